The van der Waals surface area contributed by atoms with Crippen LogP contribution in [-0.2, 0) is 9.47 Å². The molecule has 25 heavy (non-hydrogen) atoms. The lowest BCUT2D eigenvalue weighted by molar-refractivity contribution is 0.0200. The van der Waals surface area contributed by atoms with Gasteiger partial charge in [-0.3, -0.25) is 4.99 Å². The Kier molecular flexibility index (Phi) is 9.58. The van der Waals surface area contributed by atoms with Gasteiger partial charge in [0.15, 0.2) is 5.96 Å². The SMILES string of the molecule is CCNC(=NCCOCC1CCCO1)NC1CCN(CC(C)C)CC1. The van der Waals surface area contributed by atoms with Crippen molar-refractivity contribution in [3.63, 3.8) is 0 Å². The predicted molar refractivity (Wildman–Crippen MR) is 103 cm³/mol. The van der Waals surface area contributed by atoms with Crippen LogP contribution >= 0.6 is 0 Å². The van der Waals surface area contributed by atoms with Crippen LogP contribution in [0.4, 0.5) is 0 Å². The highest BCUT2D eigenvalue weighted by molar-refractivity contribution is 5.80. The average Bonchev–Trinajstić information content (AvgIpc) is 3.09. The molecule has 6 nitrogen and oxygen atoms in total. The first-order chi connectivity index (χ1) is 12.2. The molecule has 2 heterocycles. The molecule has 2 rings (SSSR count). The fourth-order valence-corrected chi connectivity index (χ4v) is 3.50. The molecular weight excluding hydrogens is 316 g/mol. The van der Waals surface area contributed by atoms with E-state index in [1.54, 1.807) is 0 Å². The van der Waals surface area contributed by atoms with Gasteiger partial charge in [-0.1, -0.05) is 13.8 Å². The Hall–Kier alpha value is -0.850. The van der Waals surface area contributed by atoms with Gasteiger partial charge in [-0.25, -0.2) is 0 Å². The first-order valence-corrected chi connectivity index (χ1v) is 10.1. The quantitative estimate of drug-likeness (QED) is 0.376. The van der Waals surface area contributed by atoms with E-state index < -0.39 is 0 Å². The summed E-state index contributed by atoms with van der Waals surface area (Å²) in [5.74, 6) is 1.67. The molecule has 2 N–H and O–H groups in total. The minimum Gasteiger partial charge on any atom is -0.377 e. The standard InChI is InChI=1S/C19H38N4O2/c1-4-20-19(21-9-13-24-15-18-6-5-12-25-18)22-17-7-10-23(11-8-17)14-16(2)3/h16-18H,4-15H2,1-3H3,(H2,20,21,22). The highest BCUT2D eigenvalue weighted by atomic mass is 16.5. The van der Waals surface area contributed by atoms with Crippen molar-refractivity contribution in [1.29, 1.82) is 0 Å². The van der Waals surface area contributed by atoms with E-state index in [1.807, 2.05) is 0 Å². The Labute approximate surface area is 153 Å². The van der Waals surface area contributed by atoms with Crippen LogP contribution in [0.2, 0.25) is 0 Å². The largest absolute Gasteiger partial charge is 0.377 e. The van der Waals surface area contributed by atoms with E-state index in [1.165, 1.54) is 32.5 Å². The van der Waals surface area contributed by atoms with Crippen molar-refractivity contribution in [2.75, 3.05) is 52.5 Å². The zero-order chi connectivity index (χ0) is 17.9. The minimum atomic E-state index is 0.298. The smallest absolute Gasteiger partial charge is 0.191 e. The number of hydrogen-bond donors (Lipinski definition) is 2. The van der Waals surface area contributed by atoms with Gasteiger partial charge in [0.05, 0.1) is 25.9 Å². The van der Waals surface area contributed by atoms with E-state index in [0.29, 0.717) is 31.9 Å². The number of hydrogen-bond acceptors (Lipinski definition) is 4. The lowest BCUT2D eigenvalue weighted by Crippen LogP contribution is -2.49. The highest BCUT2D eigenvalue weighted by Gasteiger charge is 2.20. The van der Waals surface area contributed by atoms with E-state index in [4.69, 9.17) is 9.47 Å². The molecule has 146 valence electrons. The van der Waals surface area contributed by atoms with Crippen molar-refractivity contribution in [3.8, 4) is 0 Å². The Morgan fingerprint density at radius 1 is 1.28 bits per heavy atom. The molecular formula is C19H38N4O2. The first-order valence-electron chi connectivity index (χ1n) is 10.1. The second kappa shape index (κ2) is 11.7. The van der Waals surface area contributed by atoms with E-state index in [9.17, 15) is 0 Å². The van der Waals surface area contributed by atoms with Crippen LogP contribution < -0.4 is 10.6 Å². The third-order valence-corrected chi connectivity index (χ3v) is 4.73. The number of likely N-dealkylation sites (tertiary alicyclic amines) is 1. The lowest BCUT2D eigenvalue weighted by atomic mass is 10.0. The Bertz CT molecular complexity index is 376. The molecule has 1 atom stereocenters. The molecule has 0 saturated carbocycles. The molecule has 0 amide bonds. The average molecular weight is 355 g/mol. The maximum atomic E-state index is 5.69. The summed E-state index contributed by atoms with van der Waals surface area (Å²) in [5.41, 5.74) is 0. The van der Waals surface area contributed by atoms with E-state index in [-0.39, 0.29) is 0 Å². The molecule has 2 fully saturated rings. The van der Waals surface area contributed by atoms with Crippen LogP contribution in [0, 0.1) is 5.92 Å². The van der Waals surface area contributed by atoms with Gasteiger partial charge >= 0.3 is 0 Å². The molecule has 0 bridgehead atoms. The molecule has 0 aromatic rings. The zero-order valence-electron chi connectivity index (χ0n) is 16.4. The van der Waals surface area contributed by atoms with E-state index in [2.05, 4.69) is 41.3 Å². The van der Waals surface area contributed by atoms with Crippen molar-refractivity contribution in [2.24, 2.45) is 10.9 Å². The van der Waals surface area contributed by atoms with Crippen LogP contribution in [0.5, 0.6) is 0 Å². The third kappa shape index (κ3) is 8.38. The number of guanidine groups is 1. The number of rotatable bonds is 9. The summed E-state index contributed by atoms with van der Waals surface area (Å²) in [5, 5.41) is 6.95. The van der Waals surface area contributed by atoms with Gasteiger partial charge in [-0.05, 0) is 38.5 Å². The predicted octanol–water partition coefficient (Wildman–Crippen LogP) is 1.86. The Morgan fingerprint density at radius 2 is 2.08 bits per heavy atom. The van der Waals surface area contributed by atoms with Crippen LogP contribution in [0.15, 0.2) is 4.99 Å². The second-order valence-electron chi connectivity index (χ2n) is 7.58. The molecule has 0 aliphatic carbocycles. The maximum Gasteiger partial charge on any atom is 0.191 e. The fraction of sp³-hybridized carbons (Fsp3) is 0.947. The van der Waals surface area contributed by atoms with Crippen LogP contribution in [0.25, 0.3) is 0 Å². The number of aliphatic imine (C=N–C) groups is 1. The minimum absolute atomic E-state index is 0.298. The van der Waals surface area contributed by atoms with Gasteiger partial charge in [-0.15, -0.1) is 0 Å². The van der Waals surface area contributed by atoms with E-state index in [0.717, 1.165) is 37.9 Å². The molecule has 0 radical (unpaired) electrons. The first kappa shape index (κ1) is 20.5. The number of ether oxygens (including phenoxy) is 2. The third-order valence-electron chi connectivity index (χ3n) is 4.73. The second-order valence-corrected chi connectivity index (χ2v) is 7.58. The maximum absolute atomic E-state index is 5.69. The number of piperidine rings is 1. The molecule has 2 aliphatic heterocycles. The van der Waals surface area contributed by atoms with Crippen molar-refractivity contribution >= 4 is 5.96 Å². The molecule has 6 heteroatoms. The molecule has 0 aromatic carbocycles. The van der Waals surface area contributed by atoms with Crippen molar-refractivity contribution in [2.45, 2.75) is 58.6 Å². The van der Waals surface area contributed by atoms with Crippen molar-refractivity contribution in [3.05, 3.63) is 0 Å². The van der Waals surface area contributed by atoms with E-state index >= 15 is 0 Å². The summed E-state index contributed by atoms with van der Waals surface area (Å²) in [4.78, 5) is 7.23. The van der Waals surface area contributed by atoms with Gasteiger partial charge in [0.1, 0.15) is 0 Å². The van der Waals surface area contributed by atoms with Gasteiger partial charge in [0, 0.05) is 38.8 Å². The van der Waals surface area contributed by atoms with Crippen molar-refractivity contribution in [1.82, 2.24) is 15.5 Å². The summed E-state index contributed by atoms with van der Waals surface area (Å²) < 4.78 is 11.3. The molecule has 0 spiro atoms. The number of nitrogens with one attached hydrogen (secondary N) is 2. The molecule has 2 aliphatic rings. The van der Waals surface area contributed by atoms with Crippen molar-refractivity contribution < 1.29 is 9.47 Å². The van der Waals surface area contributed by atoms with Gasteiger partial charge < -0.3 is 25.0 Å². The number of nitrogens with zero attached hydrogens (tertiary/aromatic N) is 2. The topological polar surface area (TPSA) is 58.1 Å². The lowest BCUT2D eigenvalue weighted by Gasteiger charge is -2.34. The Morgan fingerprint density at radius 3 is 2.72 bits per heavy atom. The molecule has 0 aromatic heterocycles. The van der Waals surface area contributed by atoms with Crippen LogP contribution in [0.3, 0.4) is 0 Å². The molecule has 2 saturated heterocycles. The zero-order valence-corrected chi connectivity index (χ0v) is 16.4. The summed E-state index contributed by atoms with van der Waals surface area (Å²) in [6.07, 6.45) is 4.96. The fourth-order valence-electron chi connectivity index (χ4n) is 3.50. The highest BCUT2D eigenvalue weighted by Crippen LogP contribution is 2.12. The van der Waals surface area contributed by atoms with Crippen LogP contribution in [-0.4, -0.2) is 75.5 Å². The Balaban J connectivity index is 1.63. The van der Waals surface area contributed by atoms with Gasteiger partial charge in [0.25, 0.3) is 0 Å². The van der Waals surface area contributed by atoms with Gasteiger partial charge in [-0.2, -0.15) is 0 Å². The summed E-state index contributed by atoms with van der Waals surface area (Å²) in [7, 11) is 0. The van der Waals surface area contributed by atoms with Crippen LogP contribution in [0.1, 0.15) is 46.5 Å². The summed E-state index contributed by atoms with van der Waals surface area (Å²) in [6, 6.07) is 0.522. The molecule has 1 unspecified atom stereocenters. The monoisotopic (exact) mass is 354 g/mol. The van der Waals surface area contributed by atoms with Gasteiger partial charge in [0.2, 0.25) is 0 Å². The normalized spacial score (nSPS) is 23.4. The summed E-state index contributed by atoms with van der Waals surface area (Å²) >= 11 is 0. The summed E-state index contributed by atoms with van der Waals surface area (Å²) in [6.45, 7) is 14.1.